The van der Waals surface area contributed by atoms with Gasteiger partial charge in [-0.2, -0.15) is 0 Å². The second-order valence-electron chi connectivity index (χ2n) is 5.97. The molecular formula is C17H27N3O. The minimum Gasteiger partial charge on any atom is -0.332 e. The van der Waals surface area contributed by atoms with Crippen molar-refractivity contribution in [2.45, 2.75) is 58.0 Å². The first kappa shape index (κ1) is 15.8. The van der Waals surface area contributed by atoms with E-state index in [9.17, 15) is 4.79 Å². The monoisotopic (exact) mass is 289 g/mol. The van der Waals surface area contributed by atoms with Gasteiger partial charge in [-0.25, -0.2) is 4.79 Å². The normalized spacial score (nSPS) is 17.7. The molecule has 4 nitrogen and oxygen atoms in total. The van der Waals surface area contributed by atoms with Crippen LogP contribution in [0.1, 0.15) is 58.1 Å². The Morgan fingerprint density at radius 2 is 2.10 bits per heavy atom. The van der Waals surface area contributed by atoms with Crippen LogP contribution in [0.25, 0.3) is 0 Å². The number of nitrogens with one attached hydrogen (secondary N) is 3. The van der Waals surface area contributed by atoms with Gasteiger partial charge in [0.2, 0.25) is 0 Å². The maximum absolute atomic E-state index is 12.1. The SMILES string of the molecule is CCNC(C)c1cccc(NC(=O)NC2(CC)CCC2)c1. The van der Waals surface area contributed by atoms with Crippen molar-refractivity contribution in [3.05, 3.63) is 29.8 Å². The highest BCUT2D eigenvalue weighted by atomic mass is 16.2. The number of benzene rings is 1. The molecule has 4 heteroatoms. The van der Waals surface area contributed by atoms with Gasteiger partial charge in [0.25, 0.3) is 0 Å². The summed E-state index contributed by atoms with van der Waals surface area (Å²) in [6, 6.07) is 8.22. The van der Waals surface area contributed by atoms with Gasteiger partial charge in [-0.15, -0.1) is 0 Å². The van der Waals surface area contributed by atoms with Crippen LogP contribution in [0.5, 0.6) is 0 Å². The maximum Gasteiger partial charge on any atom is 0.319 e. The zero-order chi connectivity index (χ0) is 15.3. The van der Waals surface area contributed by atoms with E-state index in [-0.39, 0.29) is 17.6 Å². The predicted molar refractivity (Wildman–Crippen MR) is 87.6 cm³/mol. The van der Waals surface area contributed by atoms with Gasteiger partial charge in [-0.1, -0.05) is 26.0 Å². The first-order valence-electron chi connectivity index (χ1n) is 8.01. The lowest BCUT2D eigenvalue weighted by Crippen LogP contribution is -2.54. The van der Waals surface area contributed by atoms with Gasteiger partial charge < -0.3 is 16.0 Å². The van der Waals surface area contributed by atoms with Crippen LogP contribution in [0, 0.1) is 0 Å². The summed E-state index contributed by atoms with van der Waals surface area (Å²) >= 11 is 0. The smallest absolute Gasteiger partial charge is 0.319 e. The zero-order valence-corrected chi connectivity index (χ0v) is 13.3. The Morgan fingerprint density at radius 1 is 1.33 bits per heavy atom. The summed E-state index contributed by atoms with van der Waals surface area (Å²) in [4.78, 5) is 12.1. The van der Waals surface area contributed by atoms with E-state index in [0.717, 1.165) is 31.5 Å². The molecule has 0 radical (unpaired) electrons. The molecule has 2 amide bonds. The fourth-order valence-electron chi connectivity index (χ4n) is 2.88. The molecule has 1 unspecified atom stereocenters. The van der Waals surface area contributed by atoms with E-state index in [4.69, 9.17) is 0 Å². The third-order valence-corrected chi connectivity index (χ3v) is 4.52. The summed E-state index contributed by atoms with van der Waals surface area (Å²) in [5.41, 5.74) is 2.06. The van der Waals surface area contributed by atoms with Crippen molar-refractivity contribution < 1.29 is 4.79 Å². The van der Waals surface area contributed by atoms with Gasteiger partial charge in [-0.3, -0.25) is 0 Å². The van der Waals surface area contributed by atoms with Gasteiger partial charge >= 0.3 is 6.03 Å². The van der Waals surface area contributed by atoms with Gasteiger partial charge in [0.05, 0.1) is 0 Å². The molecule has 116 valence electrons. The van der Waals surface area contributed by atoms with E-state index < -0.39 is 0 Å². The lowest BCUT2D eigenvalue weighted by atomic mass is 9.75. The molecular weight excluding hydrogens is 262 g/mol. The van der Waals surface area contributed by atoms with Crippen molar-refractivity contribution in [2.75, 3.05) is 11.9 Å². The Kier molecular flexibility index (Phi) is 5.23. The highest BCUT2D eigenvalue weighted by molar-refractivity contribution is 5.89. The summed E-state index contributed by atoms with van der Waals surface area (Å²) in [6.45, 7) is 7.29. The molecule has 0 spiro atoms. The van der Waals surface area contributed by atoms with Crippen molar-refractivity contribution >= 4 is 11.7 Å². The molecule has 0 saturated heterocycles. The van der Waals surface area contributed by atoms with Crippen molar-refractivity contribution in [3.63, 3.8) is 0 Å². The van der Waals surface area contributed by atoms with Crippen LogP contribution in [-0.4, -0.2) is 18.1 Å². The Balaban J connectivity index is 1.96. The van der Waals surface area contributed by atoms with Crippen molar-refractivity contribution in [2.24, 2.45) is 0 Å². The van der Waals surface area contributed by atoms with Gasteiger partial charge in [-0.05, 0) is 56.8 Å². The molecule has 1 aliphatic carbocycles. The van der Waals surface area contributed by atoms with Gasteiger partial charge in [0, 0.05) is 17.3 Å². The molecule has 1 aromatic carbocycles. The third-order valence-electron chi connectivity index (χ3n) is 4.52. The quantitative estimate of drug-likeness (QED) is 0.746. The average Bonchev–Trinajstić information content (AvgIpc) is 2.43. The molecule has 21 heavy (non-hydrogen) atoms. The molecule has 0 aliphatic heterocycles. The number of carbonyl (C=O) groups is 1. The Hall–Kier alpha value is -1.55. The van der Waals surface area contributed by atoms with Gasteiger partial charge in [0.1, 0.15) is 0 Å². The number of carbonyl (C=O) groups excluding carboxylic acids is 1. The summed E-state index contributed by atoms with van der Waals surface area (Å²) in [7, 11) is 0. The van der Waals surface area contributed by atoms with E-state index in [1.165, 1.54) is 12.0 Å². The molecule has 0 bridgehead atoms. The van der Waals surface area contributed by atoms with E-state index in [1.54, 1.807) is 0 Å². The number of hydrogen-bond acceptors (Lipinski definition) is 2. The predicted octanol–water partition coefficient (Wildman–Crippen LogP) is 3.81. The molecule has 1 aromatic rings. The fraction of sp³-hybridized carbons (Fsp3) is 0.588. The number of hydrogen-bond donors (Lipinski definition) is 3. The van der Waals surface area contributed by atoms with E-state index in [2.05, 4.69) is 42.8 Å². The molecule has 0 heterocycles. The van der Waals surface area contributed by atoms with E-state index in [0.29, 0.717) is 0 Å². The van der Waals surface area contributed by atoms with E-state index >= 15 is 0 Å². The van der Waals surface area contributed by atoms with Gasteiger partial charge in [0.15, 0.2) is 0 Å². The number of rotatable bonds is 6. The maximum atomic E-state index is 12.1. The number of urea groups is 1. The molecule has 1 atom stereocenters. The summed E-state index contributed by atoms with van der Waals surface area (Å²) in [5.74, 6) is 0. The van der Waals surface area contributed by atoms with Crippen LogP contribution in [0.3, 0.4) is 0 Å². The van der Waals surface area contributed by atoms with Crippen LogP contribution in [0.2, 0.25) is 0 Å². The van der Waals surface area contributed by atoms with Crippen LogP contribution < -0.4 is 16.0 Å². The summed E-state index contributed by atoms with van der Waals surface area (Å²) in [6.07, 6.45) is 4.39. The van der Waals surface area contributed by atoms with Crippen LogP contribution in [-0.2, 0) is 0 Å². The minimum atomic E-state index is -0.0928. The molecule has 2 rings (SSSR count). The topological polar surface area (TPSA) is 53.2 Å². The molecule has 3 N–H and O–H groups in total. The summed E-state index contributed by atoms with van der Waals surface area (Å²) in [5, 5.41) is 9.48. The molecule has 1 fully saturated rings. The highest BCUT2D eigenvalue weighted by Gasteiger charge is 2.36. The molecule has 1 aliphatic rings. The second kappa shape index (κ2) is 6.94. The fourth-order valence-corrected chi connectivity index (χ4v) is 2.88. The number of amides is 2. The minimum absolute atomic E-state index is 0.0265. The largest absolute Gasteiger partial charge is 0.332 e. The highest BCUT2D eigenvalue weighted by Crippen LogP contribution is 2.34. The second-order valence-corrected chi connectivity index (χ2v) is 5.97. The lowest BCUT2D eigenvalue weighted by molar-refractivity contribution is 0.179. The zero-order valence-electron chi connectivity index (χ0n) is 13.3. The molecule has 0 aromatic heterocycles. The standard InChI is InChI=1S/C17H27N3O/c1-4-17(10-7-11-17)20-16(21)19-15-9-6-8-14(12-15)13(3)18-5-2/h6,8-9,12-13,18H,4-5,7,10-11H2,1-3H3,(H2,19,20,21). The summed E-state index contributed by atoms with van der Waals surface area (Å²) < 4.78 is 0. The van der Waals surface area contributed by atoms with Crippen LogP contribution >= 0.6 is 0 Å². The number of anilines is 1. The molecule has 1 saturated carbocycles. The first-order valence-corrected chi connectivity index (χ1v) is 8.01. The van der Waals surface area contributed by atoms with Crippen molar-refractivity contribution in [3.8, 4) is 0 Å². The van der Waals surface area contributed by atoms with Crippen LogP contribution in [0.15, 0.2) is 24.3 Å². The van der Waals surface area contributed by atoms with E-state index in [1.807, 2.05) is 18.2 Å². The Bertz CT molecular complexity index is 477. The Labute approximate surface area is 127 Å². The van der Waals surface area contributed by atoms with Crippen molar-refractivity contribution in [1.82, 2.24) is 10.6 Å². The first-order chi connectivity index (χ1) is 10.1. The third kappa shape index (κ3) is 3.97. The lowest BCUT2D eigenvalue weighted by Gasteiger charge is -2.41. The average molecular weight is 289 g/mol. The Morgan fingerprint density at radius 3 is 2.67 bits per heavy atom. The van der Waals surface area contributed by atoms with Crippen molar-refractivity contribution in [1.29, 1.82) is 0 Å². The van der Waals surface area contributed by atoms with Crippen LogP contribution in [0.4, 0.5) is 10.5 Å².